The lowest BCUT2D eigenvalue weighted by Gasteiger charge is -2.13. The fraction of sp³-hybridized carbons (Fsp3) is 0.174. The van der Waals surface area contributed by atoms with Crippen LogP contribution in [0.15, 0.2) is 77.9 Å². The Bertz CT molecular complexity index is 967. The zero-order valence-corrected chi connectivity index (χ0v) is 16.1. The van der Waals surface area contributed by atoms with E-state index < -0.39 is 0 Å². The number of nitrogens with one attached hydrogen (secondary N) is 2. The highest BCUT2D eigenvalue weighted by Gasteiger charge is 2.10. The van der Waals surface area contributed by atoms with Gasteiger partial charge in [0.25, 0.3) is 5.91 Å². The molecule has 0 unspecified atom stereocenters. The Morgan fingerprint density at radius 2 is 1.89 bits per heavy atom. The third-order valence-electron chi connectivity index (χ3n) is 4.24. The number of pyridine rings is 1. The molecule has 1 amide bonds. The van der Waals surface area contributed by atoms with E-state index in [0.29, 0.717) is 18.1 Å². The van der Waals surface area contributed by atoms with Gasteiger partial charge in [-0.2, -0.15) is 0 Å². The number of amides is 1. The number of aryl methyl sites for hydroxylation is 2. The van der Waals surface area contributed by atoms with Crippen LogP contribution in [0.2, 0.25) is 0 Å². The number of hydrogen-bond acceptors (Lipinski definition) is 3. The first-order chi connectivity index (χ1) is 13.6. The van der Waals surface area contributed by atoms with Gasteiger partial charge in [-0.3, -0.25) is 15.1 Å². The predicted octanol–water partition coefficient (Wildman–Crippen LogP) is 4.35. The average molecular weight is 372 g/mol. The molecule has 2 aromatic carbocycles. The van der Waals surface area contributed by atoms with Crippen molar-refractivity contribution in [2.75, 3.05) is 5.32 Å². The van der Waals surface area contributed by atoms with Crippen LogP contribution in [0.1, 0.15) is 34.1 Å². The molecule has 0 saturated heterocycles. The number of hydrogen-bond donors (Lipinski definition) is 2. The van der Waals surface area contributed by atoms with Gasteiger partial charge in [0.1, 0.15) is 0 Å². The van der Waals surface area contributed by atoms with Crippen LogP contribution in [0.5, 0.6) is 0 Å². The van der Waals surface area contributed by atoms with Crippen LogP contribution >= 0.6 is 0 Å². The highest BCUT2D eigenvalue weighted by Crippen LogP contribution is 2.11. The molecular weight excluding hydrogens is 348 g/mol. The quantitative estimate of drug-likeness (QED) is 0.517. The van der Waals surface area contributed by atoms with Crippen molar-refractivity contribution in [3.05, 3.63) is 95.3 Å². The molecule has 5 nitrogen and oxygen atoms in total. The van der Waals surface area contributed by atoms with Crippen molar-refractivity contribution in [1.82, 2.24) is 10.3 Å². The molecule has 3 aromatic rings. The van der Waals surface area contributed by atoms with Gasteiger partial charge in [0.15, 0.2) is 0 Å². The number of rotatable bonds is 5. The number of carbonyl (C=O) groups is 1. The number of benzene rings is 2. The molecule has 1 heterocycles. The molecule has 3 rings (SSSR count). The lowest BCUT2D eigenvalue weighted by atomic mass is 10.1. The van der Waals surface area contributed by atoms with E-state index in [0.717, 1.165) is 23.4 Å². The molecule has 0 atom stereocenters. The first-order valence-electron chi connectivity index (χ1n) is 9.32. The third kappa shape index (κ3) is 5.51. The standard InChI is InChI=1S/C23H24N4O/c1-3-18-9-7-12-20(15-18)26-23(25-16-21-11-4-5-13-24-21)27-22(28)19-10-6-8-17(2)14-19/h4-15H,3,16H2,1-2H3,(H2,25,26,27,28). The third-order valence-corrected chi connectivity index (χ3v) is 4.24. The minimum absolute atomic E-state index is 0.206. The number of guanidine groups is 1. The largest absolute Gasteiger partial charge is 0.326 e. The van der Waals surface area contributed by atoms with Crippen molar-refractivity contribution in [1.29, 1.82) is 0 Å². The molecular formula is C23H24N4O. The normalized spacial score (nSPS) is 11.1. The van der Waals surface area contributed by atoms with E-state index in [1.165, 1.54) is 5.56 Å². The van der Waals surface area contributed by atoms with Crippen molar-refractivity contribution in [2.24, 2.45) is 4.99 Å². The molecule has 142 valence electrons. The van der Waals surface area contributed by atoms with E-state index in [4.69, 9.17) is 0 Å². The van der Waals surface area contributed by atoms with Gasteiger partial charge in [-0.1, -0.05) is 42.8 Å². The van der Waals surface area contributed by atoms with Gasteiger partial charge >= 0.3 is 0 Å². The zero-order valence-electron chi connectivity index (χ0n) is 16.1. The summed E-state index contributed by atoms with van der Waals surface area (Å²) in [5, 5.41) is 6.12. The van der Waals surface area contributed by atoms with Gasteiger partial charge in [-0.25, -0.2) is 4.99 Å². The first kappa shape index (κ1) is 19.3. The SMILES string of the molecule is CCc1cccc(NC(=NCc2ccccn2)NC(=O)c2cccc(C)c2)c1. The van der Waals surface area contributed by atoms with Crippen LogP contribution in [-0.2, 0) is 13.0 Å². The lowest BCUT2D eigenvalue weighted by Crippen LogP contribution is -2.36. The second-order valence-electron chi connectivity index (χ2n) is 6.49. The summed E-state index contributed by atoms with van der Waals surface area (Å²) in [5.41, 5.74) is 4.54. The maximum absolute atomic E-state index is 12.7. The van der Waals surface area contributed by atoms with E-state index >= 15 is 0 Å². The van der Waals surface area contributed by atoms with Crippen LogP contribution in [0.25, 0.3) is 0 Å². The molecule has 0 radical (unpaired) electrons. The Balaban J connectivity index is 1.81. The molecule has 1 aromatic heterocycles. The Morgan fingerprint density at radius 1 is 1.04 bits per heavy atom. The monoisotopic (exact) mass is 372 g/mol. The molecule has 0 bridgehead atoms. The topological polar surface area (TPSA) is 66.4 Å². The first-order valence-corrected chi connectivity index (χ1v) is 9.32. The molecule has 2 N–H and O–H groups in total. The van der Waals surface area contributed by atoms with Gasteiger partial charge < -0.3 is 5.32 Å². The number of aromatic nitrogens is 1. The van der Waals surface area contributed by atoms with E-state index in [1.54, 1.807) is 12.3 Å². The summed E-state index contributed by atoms with van der Waals surface area (Å²) in [6.45, 7) is 4.43. The smallest absolute Gasteiger partial charge is 0.257 e. The van der Waals surface area contributed by atoms with Gasteiger partial charge in [-0.05, 0) is 55.3 Å². The van der Waals surface area contributed by atoms with Crippen LogP contribution in [0, 0.1) is 6.92 Å². The molecule has 5 heteroatoms. The molecule has 0 fully saturated rings. The Labute approximate surface area is 165 Å². The second-order valence-corrected chi connectivity index (χ2v) is 6.49. The summed E-state index contributed by atoms with van der Waals surface area (Å²) >= 11 is 0. The van der Waals surface area contributed by atoms with Crippen molar-refractivity contribution >= 4 is 17.6 Å². The number of carbonyl (C=O) groups excluding carboxylic acids is 1. The van der Waals surface area contributed by atoms with Crippen molar-refractivity contribution < 1.29 is 4.79 Å². The zero-order chi connectivity index (χ0) is 19.8. The highest BCUT2D eigenvalue weighted by molar-refractivity contribution is 6.10. The second kappa shape index (κ2) is 9.46. The molecule has 0 aliphatic carbocycles. The van der Waals surface area contributed by atoms with E-state index in [9.17, 15) is 4.79 Å². The number of nitrogens with zero attached hydrogens (tertiary/aromatic N) is 2. The predicted molar refractivity (Wildman–Crippen MR) is 113 cm³/mol. The maximum Gasteiger partial charge on any atom is 0.257 e. The summed E-state index contributed by atoms with van der Waals surface area (Å²) in [6.07, 6.45) is 2.67. The fourth-order valence-corrected chi connectivity index (χ4v) is 2.73. The van der Waals surface area contributed by atoms with Crippen molar-refractivity contribution in [2.45, 2.75) is 26.8 Å². The summed E-state index contributed by atoms with van der Waals surface area (Å²) in [5.74, 6) is 0.188. The molecule has 28 heavy (non-hydrogen) atoms. The van der Waals surface area contributed by atoms with E-state index in [-0.39, 0.29) is 5.91 Å². The molecule has 0 saturated carbocycles. The molecule has 0 aliphatic heterocycles. The Kier molecular flexibility index (Phi) is 6.52. The summed E-state index contributed by atoms with van der Waals surface area (Å²) in [4.78, 5) is 21.5. The van der Waals surface area contributed by atoms with Crippen LogP contribution in [0.4, 0.5) is 5.69 Å². The van der Waals surface area contributed by atoms with Crippen molar-refractivity contribution in [3.8, 4) is 0 Å². The molecule has 0 aliphatic rings. The van der Waals surface area contributed by atoms with Gasteiger partial charge in [0, 0.05) is 17.4 Å². The number of aliphatic imine (C=N–C) groups is 1. The van der Waals surface area contributed by atoms with E-state index in [1.807, 2.05) is 55.5 Å². The minimum Gasteiger partial charge on any atom is -0.326 e. The van der Waals surface area contributed by atoms with Gasteiger partial charge in [0.05, 0.1) is 12.2 Å². The maximum atomic E-state index is 12.7. The van der Waals surface area contributed by atoms with Crippen LogP contribution in [-0.4, -0.2) is 16.9 Å². The van der Waals surface area contributed by atoms with Gasteiger partial charge in [0.2, 0.25) is 5.96 Å². The fourth-order valence-electron chi connectivity index (χ4n) is 2.73. The summed E-state index contributed by atoms with van der Waals surface area (Å²) in [6, 6.07) is 21.2. The van der Waals surface area contributed by atoms with Crippen LogP contribution < -0.4 is 10.6 Å². The molecule has 0 spiro atoms. The van der Waals surface area contributed by atoms with E-state index in [2.05, 4.69) is 39.7 Å². The van der Waals surface area contributed by atoms with Gasteiger partial charge in [-0.15, -0.1) is 0 Å². The number of anilines is 1. The summed E-state index contributed by atoms with van der Waals surface area (Å²) in [7, 11) is 0. The van der Waals surface area contributed by atoms with Crippen molar-refractivity contribution in [3.63, 3.8) is 0 Å². The average Bonchev–Trinajstić information content (AvgIpc) is 2.73. The highest BCUT2D eigenvalue weighted by atomic mass is 16.1. The Hall–Kier alpha value is -3.47. The van der Waals surface area contributed by atoms with Crippen LogP contribution in [0.3, 0.4) is 0 Å². The lowest BCUT2D eigenvalue weighted by molar-refractivity contribution is 0.0977. The Morgan fingerprint density at radius 3 is 2.64 bits per heavy atom. The minimum atomic E-state index is -0.206. The summed E-state index contributed by atoms with van der Waals surface area (Å²) < 4.78 is 0.